The molecule has 20 heavy (non-hydrogen) atoms. The third-order valence-corrected chi connectivity index (χ3v) is 3.96. The van der Waals surface area contributed by atoms with Crippen molar-refractivity contribution < 1.29 is 12.9 Å². The lowest BCUT2D eigenvalue weighted by molar-refractivity contribution is 0.432. The second kappa shape index (κ2) is 6.49. The molecule has 0 spiro atoms. The fourth-order valence-corrected chi connectivity index (χ4v) is 2.09. The molecule has 0 saturated carbocycles. The molecular weight excluding hydrogens is 280 g/mol. The molecule has 2 N–H and O–H groups in total. The Hall–Kier alpha value is -1.93. The molecule has 0 atom stereocenters. The van der Waals surface area contributed by atoms with Crippen molar-refractivity contribution in [2.75, 3.05) is 24.2 Å². The maximum Gasteiger partial charge on any atom is 0.263 e. The van der Waals surface area contributed by atoms with Crippen molar-refractivity contribution in [1.29, 1.82) is 0 Å². The lowest BCUT2D eigenvalue weighted by Gasteiger charge is -2.03. The lowest BCUT2D eigenvalue weighted by Crippen LogP contribution is -2.30. The molecule has 0 aliphatic carbocycles. The van der Waals surface area contributed by atoms with E-state index < -0.39 is 10.0 Å². The molecule has 1 heterocycles. The predicted octanol–water partition coefficient (Wildman–Crippen LogP) is 1.09. The van der Waals surface area contributed by atoms with Crippen LogP contribution < -0.4 is 10.0 Å². The van der Waals surface area contributed by atoms with Crippen molar-refractivity contribution in [3.63, 3.8) is 0 Å². The van der Waals surface area contributed by atoms with E-state index >= 15 is 0 Å². The van der Waals surface area contributed by atoms with Crippen LogP contribution in [0.25, 0.3) is 11.5 Å². The first-order valence-electron chi connectivity index (χ1n) is 6.21. The summed E-state index contributed by atoms with van der Waals surface area (Å²) in [7, 11) is -3.17. The highest BCUT2D eigenvalue weighted by atomic mass is 32.2. The van der Waals surface area contributed by atoms with Crippen LogP contribution in [0.3, 0.4) is 0 Å². The zero-order chi connectivity index (χ0) is 14.4. The van der Waals surface area contributed by atoms with Gasteiger partial charge in [-0.1, -0.05) is 18.2 Å². The second-order valence-electron chi connectivity index (χ2n) is 4.01. The molecule has 0 fully saturated rings. The second-order valence-corrected chi connectivity index (χ2v) is 6.11. The summed E-state index contributed by atoms with van der Waals surface area (Å²) in [6.45, 7) is 2.24. The molecule has 0 aliphatic heterocycles. The number of hydrogen-bond acceptors (Lipinski definition) is 6. The standard InChI is InChI=1S/C12H16N4O3S/c1-2-20(17,18)14-9-8-13-12-15-11(19-16-12)10-6-4-3-5-7-10/h3-7,14H,2,8-9H2,1H3,(H,13,16). The molecular formula is C12H16N4O3S. The highest BCUT2D eigenvalue weighted by Crippen LogP contribution is 2.17. The molecule has 2 aromatic rings. The van der Waals surface area contributed by atoms with Crippen LogP contribution in [-0.2, 0) is 10.0 Å². The number of sulfonamides is 1. The smallest absolute Gasteiger partial charge is 0.263 e. The summed E-state index contributed by atoms with van der Waals surface area (Å²) in [5.41, 5.74) is 0.833. The molecule has 0 bridgehead atoms. The topological polar surface area (TPSA) is 97.1 Å². The van der Waals surface area contributed by atoms with Gasteiger partial charge in [-0.3, -0.25) is 0 Å². The highest BCUT2D eigenvalue weighted by Gasteiger charge is 2.08. The Morgan fingerprint density at radius 3 is 2.65 bits per heavy atom. The SMILES string of the molecule is CCS(=O)(=O)NCCNc1noc(-c2ccccc2)n1. The average molecular weight is 296 g/mol. The number of hydrogen-bond donors (Lipinski definition) is 2. The molecule has 0 radical (unpaired) electrons. The first kappa shape index (κ1) is 14.5. The van der Waals surface area contributed by atoms with Gasteiger partial charge in [-0.15, -0.1) is 0 Å². The van der Waals surface area contributed by atoms with E-state index in [9.17, 15) is 8.42 Å². The third kappa shape index (κ3) is 4.04. The highest BCUT2D eigenvalue weighted by molar-refractivity contribution is 7.89. The van der Waals surface area contributed by atoms with Crippen molar-refractivity contribution >= 4 is 16.0 Å². The van der Waals surface area contributed by atoms with Gasteiger partial charge < -0.3 is 9.84 Å². The minimum atomic E-state index is -3.17. The van der Waals surface area contributed by atoms with Crippen LogP contribution in [0.15, 0.2) is 34.9 Å². The Bertz CT molecular complexity index is 640. The van der Waals surface area contributed by atoms with Gasteiger partial charge in [0.25, 0.3) is 11.8 Å². The van der Waals surface area contributed by atoms with Gasteiger partial charge in [0, 0.05) is 18.7 Å². The van der Waals surface area contributed by atoms with Crippen molar-refractivity contribution in [2.45, 2.75) is 6.92 Å². The van der Waals surface area contributed by atoms with Gasteiger partial charge in [-0.05, 0) is 24.2 Å². The van der Waals surface area contributed by atoms with Gasteiger partial charge in [-0.25, -0.2) is 13.1 Å². The number of anilines is 1. The monoisotopic (exact) mass is 296 g/mol. The normalized spacial score (nSPS) is 11.4. The fraction of sp³-hybridized carbons (Fsp3) is 0.333. The first-order valence-corrected chi connectivity index (χ1v) is 7.86. The summed E-state index contributed by atoms with van der Waals surface area (Å²) < 4.78 is 30.0. The quantitative estimate of drug-likeness (QED) is 0.742. The van der Waals surface area contributed by atoms with Gasteiger partial charge in [0.1, 0.15) is 0 Å². The van der Waals surface area contributed by atoms with E-state index in [2.05, 4.69) is 20.2 Å². The number of nitrogens with zero attached hydrogens (tertiary/aromatic N) is 2. The summed E-state index contributed by atoms with van der Waals surface area (Å²) in [6.07, 6.45) is 0. The molecule has 0 amide bonds. The van der Waals surface area contributed by atoms with Crippen LogP contribution in [-0.4, -0.2) is 37.4 Å². The summed E-state index contributed by atoms with van der Waals surface area (Å²) >= 11 is 0. The number of rotatable bonds is 7. The molecule has 0 unspecified atom stereocenters. The Balaban J connectivity index is 1.85. The van der Waals surface area contributed by atoms with Gasteiger partial charge in [0.05, 0.1) is 5.75 Å². The van der Waals surface area contributed by atoms with Crippen molar-refractivity contribution in [1.82, 2.24) is 14.9 Å². The maximum atomic E-state index is 11.2. The third-order valence-electron chi connectivity index (χ3n) is 2.56. The van der Waals surface area contributed by atoms with E-state index in [4.69, 9.17) is 4.52 Å². The van der Waals surface area contributed by atoms with E-state index in [1.165, 1.54) is 0 Å². The first-order chi connectivity index (χ1) is 9.61. The molecule has 2 rings (SSSR count). The van der Waals surface area contributed by atoms with E-state index in [-0.39, 0.29) is 12.3 Å². The van der Waals surface area contributed by atoms with E-state index in [1.54, 1.807) is 6.92 Å². The zero-order valence-electron chi connectivity index (χ0n) is 11.0. The molecule has 1 aromatic heterocycles. The van der Waals surface area contributed by atoms with Gasteiger partial charge >= 0.3 is 0 Å². The van der Waals surface area contributed by atoms with Crippen LogP contribution in [0.4, 0.5) is 5.95 Å². The summed E-state index contributed by atoms with van der Waals surface area (Å²) in [4.78, 5) is 4.17. The fourth-order valence-electron chi connectivity index (χ4n) is 1.48. The molecule has 0 saturated heterocycles. The number of nitrogens with one attached hydrogen (secondary N) is 2. The minimum Gasteiger partial charge on any atom is -0.350 e. The molecule has 1 aromatic carbocycles. The Morgan fingerprint density at radius 1 is 1.20 bits per heavy atom. The van der Waals surface area contributed by atoms with Crippen LogP contribution in [0.2, 0.25) is 0 Å². The zero-order valence-corrected chi connectivity index (χ0v) is 11.9. The Labute approximate surface area is 117 Å². The van der Waals surface area contributed by atoms with Gasteiger partial charge in [0.15, 0.2) is 0 Å². The van der Waals surface area contributed by atoms with E-state index in [0.29, 0.717) is 18.4 Å². The molecule has 8 heteroatoms. The molecule has 7 nitrogen and oxygen atoms in total. The molecule has 108 valence electrons. The van der Waals surface area contributed by atoms with E-state index in [1.807, 2.05) is 30.3 Å². The predicted molar refractivity (Wildman–Crippen MR) is 75.7 cm³/mol. The minimum absolute atomic E-state index is 0.0629. The summed E-state index contributed by atoms with van der Waals surface area (Å²) in [6, 6.07) is 9.40. The Morgan fingerprint density at radius 2 is 1.95 bits per heavy atom. The van der Waals surface area contributed by atoms with Gasteiger partial charge in [0.2, 0.25) is 10.0 Å². The lowest BCUT2D eigenvalue weighted by atomic mass is 10.2. The van der Waals surface area contributed by atoms with Crippen molar-refractivity contribution in [2.24, 2.45) is 0 Å². The van der Waals surface area contributed by atoms with Crippen molar-refractivity contribution in [3.05, 3.63) is 30.3 Å². The average Bonchev–Trinajstić information content (AvgIpc) is 2.93. The van der Waals surface area contributed by atoms with E-state index in [0.717, 1.165) is 5.56 Å². The van der Waals surface area contributed by atoms with Gasteiger partial charge in [-0.2, -0.15) is 4.98 Å². The molecule has 0 aliphatic rings. The largest absolute Gasteiger partial charge is 0.350 e. The van der Waals surface area contributed by atoms with Crippen LogP contribution in [0.1, 0.15) is 6.92 Å². The van der Waals surface area contributed by atoms with Crippen molar-refractivity contribution in [3.8, 4) is 11.5 Å². The van der Waals surface area contributed by atoms with Crippen LogP contribution >= 0.6 is 0 Å². The van der Waals surface area contributed by atoms with Crippen LogP contribution in [0, 0.1) is 0 Å². The maximum absolute atomic E-state index is 11.2. The summed E-state index contributed by atoms with van der Waals surface area (Å²) in [5.74, 6) is 0.815. The van der Waals surface area contributed by atoms with Crippen LogP contribution in [0.5, 0.6) is 0 Å². The summed E-state index contributed by atoms with van der Waals surface area (Å²) in [5, 5.41) is 6.66. The number of aromatic nitrogens is 2. The number of benzene rings is 1. The Kier molecular flexibility index (Phi) is 4.70.